The van der Waals surface area contributed by atoms with Crippen LogP contribution in [0.15, 0.2) is 104 Å². The van der Waals surface area contributed by atoms with Crippen molar-refractivity contribution in [1.82, 2.24) is 9.97 Å². The number of halogens is 2. The average Bonchev–Trinajstić information content (AvgIpc) is 3.36. The summed E-state index contributed by atoms with van der Waals surface area (Å²) in [6, 6.07) is 25.1. The first-order valence-electron chi connectivity index (χ1n) is 14.0. The Morgan fingerprint density at radius 1 is 0.936 bits per heavy atom. The molecule has 5 rings (SSSR count). The van der Waals surface area contributed by atoms with E-state index < -0.39 is 11.1 Å². The van der Waals surface area contributed by atoms with Gasteiger partial charge in [0.2, 0.25) is 0 Å². The van der Waals surface area contributed by atoms with Crippen LogP contribution in [0.4, 0.5) is 0 Å². The van der Waals surface area contributed by atoms with Crippen molar-refractivity contribution in [3.05, 3.63) is 138 Å². The fraction of sp³-hybridized carbons (Fsp3) is 0.189. The molecule has 0 fully saturated rings. The number of nitriles is 1. The molecule has 0 bridgehead atoms. The van der Waals surface area contributed by atoms with E-state index >= 15 is 0 Å². The highest BCUT2D eigenvalue weighted by molar-refractivity contribution is 9.10. The van der Waals surface area contributed by atoms with Crippen LogP contribution < -0.4 is 5.73 Å². The molecule has 2 N–H and O–H groups in total. The van der Waals surface area contributed by atoms with Gasteiger partial charge in [-0.2, -0.15) is 5.26 Å². The third-order valence-electron chi connectivity index (χ3n) is 6.82. The number of amidine groups is 1. The van der Waals surface area contributed by atoms with E-state index in [1.165, 1.54) is 0 Å². The first-order chi connectivity index (χ1) is 22.6. The zero-order chi connectivity index (χ0) is 34.9. The van der Waals surface area contributed by atoms with Crippen LogP contribution in [0.5, 0.6) is 0 Å². The third-order valence-corrected chi connectivity index (χ3v) is 7.81. The number of rotatable bonds is 4. The lowest BCUT2D eigenvalue weighted by molar-refractivity contribution is 0.593. The van der Waals surface area contributed by atoms with Crippen LogP contribution in [0, 0.1) is 47.4 Å². The minimum absolute atomic E-state index is 0.252. The van der Waals surface area contributed by atoms with Gasteiger partial charge in [0.1, 0.15) is 28.8 Å². The van der Waals surface area contributed by atoms with Gasteiger partial charge < -0.3 is 5.73 Å². The van der Waals surface area contributed by atoms with Crippen molar-refractivity contribution in [2.24, 2.45) is 15.8 Å². The minimum atomic E-state index is -0.988. The third kappa shape index (κ3) is 9.82. The summed E-state index contributed by atoms with van der Waals surface area (Å²) in [6.07, 6.45) is 8.00. The molecule has 4 aromatic rings. The molecule has 2 atom stereocenters. The van der Waals surface area contributed by atoms with Crippen LogP contribution in [0.1, 0.15) is 68.3 Å². The molecule has 3 heterocycles. The Hall–Kier alpha value is -5.35. The van der Waals surface area contributed by atoms with Gasteiger partial charge in [-0.1, -0.05) is 79.3 Å². The summed E-state index contributed by atoms with van der Waals surface area (Å²) in [6.45, 7) is 9.18. The number of aromatic nitrogens is 2. The molecule has 1 aliphatic rings. The molecule has 0 radical (unpaired) electrons. The number of nitrogens with two attached hydrogens (primary N) is 1. The largest absolute Gasteiger partial charge is 0.382 e. The van der Waals surface area contributed by atoms with Crippen molar-refractivity contribution >= 4 is 37.7 Å². The summed E-state index contributed by atoms with van der Waals surface area (Å²) in [5.41, 5.74) is 18.0. The number of terminal acetylenes is 1. The van der Waals surface area contributed by atoms with E-state index in [2.05, 4.69) is 106 Å². The molecular formula is C37H32Br2N8. The zero-order valence-electron chi connectivity index (χ0n) is 26.6. The standard InChI is InChI=1S/C14H10BrN5.C14H12BrN3.C5H4.C4H6/c1-14(19-20-17,10-4-2-5-11(15)8-10)12-6-3-7-18-13(12)9-16;1-14(9-4-2-5-10(15)8-9)11-6-3-7-17-12(11)13(16)18-14;1-3-5-4-2;1-3-4-2/h2-8H,1H3;2-8H,1H3,(H2,16,18);1H,2H3;1-2H3. The second-order valence-electron chi connectivity index (χ2n) is 9.78. The molecule has 2 unspecified atom stereocenters. The van der Waals surface area contributed by atoms with Crippen LogP contribution in [0.25, 0.3) is 10.4 Å². The lowest BCUT2D eigenvalue weighted by Gasteiger charge is -2.25. The lowest BCUT2D eigenvalue weighted by Crippen LogP contribution is -2.22. The molecule has 0 saturated heterocycles. The Labute approximate surface area is 293 Å². The highest BCUT2D eigenvalue weighted by Crippen LogP contribution is 2.40. The number of pyridine rings is 2. The van der Waals surface area contributed by atoms with E-state index in [4.69, 9.17) is 17.7 Å². The molecule has 0 saturated carbocycles. The first kappa shape index (κ1) is 37.8. The molecule has 0 aliphatic carbocycles. The molecule has 234 valence electrons. The van der Waals surface area contributed by atoms with E-state index in [0.29, 0.717) is 11.4 Å². The van der Waals surface area contributed by atoms with Crippen molar-refractivity contribution in [3.8, 4) is 42.1 Å². The SMILES string of the molecule is C#CC#CC.CC#CC.CC(N=[N+]=[N-])(c1cccc(Br)c1)c1cccnc1C#N.CC1(c2cccc(Br)c2)N=C(N)c2ncccc21. The van der Waals surface area contributed by atoms with Gasteiger partial charge in [-0.15, -0.1) is 18.3 Å². The second kappa shape index (κ2) is 18.6. The summed E-state index contributed by atoms with van der Waals surface area (Å²) in [4.78, 5) is 15.9. The number of hydrogen-bond donors (Lipinski definition) is 1. The van der Waals surface area contributed by atoms with Gasteiger partial charge in [0, 0.05) is 37.4 Å². The smallest absolute Gasteiger partial charge is 0.146 e. The van der Waals surface area contributed by atoms with Gasteiger partial charge in [-0.05, 0) is 99.5 Å². The average molecular weight is 749 g/mol. The maximum absolute atomic E-state index is 9.19. The van der Waals surface area contributed by atoms with Crippen LogP contribution in [0.2, 0.25) is 0 Å². The van der Waals surface area contributed by atoms with Crippen molar-refractivity contribution in [2.45, 2.75) is 45.7 Å². The van der Waals surface area contributed by atoms with E-state index in [1.54, 1.807) is 38.4 Å². The van der Waals surface area contributed by atoms with Gasteiger partial charge >= 0.3 is 0 Å². The predicted molar refractivity (Wildman–Crippen MR) is 196 cm³/mol. The van der Waals surface area contributed by atoms with E-state index in [-0.39, 0.29) is 5.69 Å². The van der Waals surface area contributed by atoms with Gasteiger partial charge in [0.15, 0.2) is 0 Å². The molecular weight excluding hydrogens is 716 g/mol. The molecule has 2 aromatic carbocycles. The number of nitrogens with zero attached hydrogens (tertiary/aromatic N) is 7. The highest BCUT2D eigenvalue weighted by Gasteiger charge is 2.37. The van der Waals surface area contributed by atoms with Crippen molar-refractivity contribution in [2.75, 3.05) is 0 Å². The van der Waals surface area contributed by atoms with Gasteiger partial charge in [-0.25, -0.2) is 4.98 Å². The molecule has 2 aromatic heterocycles. The van der Waals surface area contributed by atoms with E-state index in [9.17, 15) is 5.26 Å². The molecule has 1 aliphatic heterocycles. The van der Waals surface area contributed by atoms with Crippen LogP contribution in [-0.2, 0) is 11.1 Å². The van der Waals surface area contributed by atoms with Crippen molar-refractivity contribution in [3.63, 3.8) is 0 Å². The van der Waals surface area contributed by atoms with Crippen LogP contribution >= 0.6 is 31.9 Å². The second-order valence-corrected chi connectivity index (χ2v) is 11.6. The normalized spacial score (nSPS) is 14.4. The fourth-order valence-electron chi connectivity index (χ4n) is 4.47. The maximum Gasteiger partial charge on any atom is 0.146 e. The number of azide groups is 1. The highest BCUT2D eigenvalue weighted by atomic mass is 79.9. The minimum Gasteiger partial charge on any atom is -0.382 e. The predicted octanol–water partition coefficient (Wildman–Crippen LogP) is 8.79. The number of benzene rings is 2. The first-order valence-corrected chi connectivity index (χ1v) is 15.6. The summed E-state index contributed by atoms with van der Waals surface area (Å²) >= 11 is 6.89. The molecule has 0 amide bonds. The quantitative estimate of drug-likeness (QED) is 0.0966. The van der Waals surface area contributed by atoms with Crippen LogP contribution in [0.3, 0.4) is 0 Å². The van der Waals surface area contributed by atoms with Gasteiger partial charge in [-0.3, -0.25) is 9.98 Å². The molecule has 10 heteroatoms. The Morgan fingerprint density at radius 2 is 1.57 bits per heavy atom. The van der Waals surface area contributed by atoms with E-state index in [1.807, 2.05) is 68.4 Å². The van der Waals surface area contributed by atoms with Gasteiger partial charge in [0.05, 0.1) is 5.54 Å². The summed E-state index contributed by atoms with van der Waals surface area (Å²) in [5.74, 6) is 12.9. The Bertz CT molecular complexity index is 1990. The Kier molecular flexibility index (Phi) is 15.0. The summed E-state index contributed by atoms with van der Waals surface area (Å²) in [5, 5.41) is 13.1. The number of hydrogen-bond acceptors (Lipinski definition) is 6. The summed E-state index contributed by atoms with van der Waals surface area (Å²) in [7, 11) is 0. The zero-order valence-corrected chi connectivity index (χ0v) is 29.8. The number of aliphatic imine (C=N–C) groups is 1. The Morgan fingerprint density at radius 3 is 2.13 bits per heavy atom. The fourth-order valence-corrected chi connectivity index (χ4v) is 5.27. The lowest BCUT2D eigenvalue weighted by atomic mass is 9.84. The number of fused-ring (bicyclic) bond motifs is 1. The van der Waals surface area contributed by atoms with E-state index in [0.717, 1.165) is 31.3 Å². The monoisotopic (exact) mass is 746 g/mol. The molecule has 8 nitrogen and oxygen atoms in total. The topological polar surface area (TPSA) is 137 Å². The summed E-state index contributed by atoms with van der Waals surface area (Å²) < 4.78 is 1.91. The van der Waals surface area contributed by atoms with Crippen molar-refractivity contribution in [1.29, 1.82) is 5.26 Å². The van der Waals surface area contributed by atoms with Crippen molar-refractivity contribution < 1.29 is 0 Å². The Balaban J connectivity index is 0.000000261. The molecule has 47 heavy (non-hydrogen) atoms. The van der Waals surface area contributed by atoms with Crippen LogP contribution in [-0.4, -0.2) is 15.8 Å². The van der Waals surface area contributed by atoms with Gasteiger partial charge in [0.25, 0.3) is 0 Å². The maximum atomic E-state index is 9.19. The molecule has 0 spiro atoms.